The monoisotopic (exact) mass is 277 g/mol. The molecule has 0 aliphatic carbocycles. The zero-order chi connectivity index (χ0) is 10.6. The Kier molecular flexibility index (Phi) is 5.09. The molecule has 1 N–H and O–H groups in total. The minimum Gasteiger partial charge on any atom is -0.395 e. The van der Waals surface area contributed by atoms with Crippen molar-refractivity contribution in [2.45, 2.75) is 26.4 Å². The fourth-order valence-corrected chi connectivity index (χ4v) is 2.77. The Bertz CT molecular complexity index is 275. The fraction of sp³-hybridized carbons (Fsp3) is 0.600. The summed E-state index contributed by atoms with van der Waals surface area (Å²) in [5.41, 5.74) is 0. The lowest BCUT2D eigenvalue weighted by Gasteiger charge is -2.25. The van der Waals surface area contributed by atoms with Crippen LogP contribution < -0.4 is 0 Å². The molecule has 4 heteroatoms. The third-order valence-electron chi connectivity index (χ3n) is 2.16. The number of rotatable bonds is 5. The van der Waals surface area contributed by atoms with Gasteiger partial charge in [-0.25, -0.2) is 0 Å². The van der Waals surface area contributed by atoms with Crippen LogP contribution in [-0.2, 0) is 6.54 Å². The Balaban J connectivity index is 2.60. The van der Waals surface area contributed by atoms with E-state index in [2.05, 4.69) is 46.1 Å². The van der Waals surface area contributed by atoms with Gasteiger partial charge in [0.25, 0.3) is 0 Å². The molecule has 0 saturated heterocycles. The number of hydrogen-bond donors (Lipinski definition) is 1. The van der Waals surface area contributed by atoms with Crippen molar-refractivity contribution < 1.29 is 5.11 Å². The summed E-state index contributed by atoms with van der Waals surface area (Å²) in [4.78, 5) is 3.59. The van der Waals surface area contributed by atoms with Gasteiger partial charge < -0.3 is 5.11 Å². The van der Waals surface area contributed by atoms with E-state index in [1.54, 1.807) is 11.3 Å². The van der Waals surface area contributed by atoms with E-state index in [9.17, 15) is 0 Å². The Hall–Kier alpha value is 0.100. The van der Waals surface area contributed by atoms with Crippen molar-refractivity contribution in [1.82, 2.24) is 4.90 Å². The molecule has 0 radical (unpaired) electrons. The predicted molar refractivity (Wildman–Crippen MR) is 64.7 cm³/mol. The van der Waals surface area contributed by atoms with E-state index in [1.165, 1.54) is 9.35 Å². The van der Waals surface area contributed by atoms with E-state index in [-0.39, 0.29) is 6.61 Å². The fourth-order valence-electron chi connectivity index (χ4n) is 1.27. The summed E-state index contributed by atoms with van der Waals surface area (Å²) in [6.07, 6.45) is 0. The van der Waals surface area contributed by atoms with Gasteiger partial charge in [-0.2, -0.15) is 0 Å². The van der Waals surface area contributed by atoms with Crippen LogP contribution in [0.5, 0.6) is 0 Å². The third kappa shape index (κ3) is 3.35. The van der Waals surface area contributed by atoms with Crippen LogP contribution in [0, 0.1) is 0 Å². The highest BCUT2D eigenvalue weighted by Gasteiger charge is 2.11. The van der Waals surface area contributed by atoms with Crippen LogP contribution in [0.15, 0.2) is 15.9 Å². The molecule has 2 nitrogen and oxygen atoms in total. The smallest absolute Gasteiger partial charge is 0.0558 e. The molecule has 0 atom stereocenters. The van der Waals surface area contributed by atoms with E-state index in [4.69, 9.17) is 5.11 Å². The quantitative estimate of drug-likeness (QED) is 0.895. The van der Waals surface area contributed by atoms with Crippen molar-refractivity contribution in [2.75, 3.05) is 13.2 Å². The third-order valence-corrected chi connectivity index (χ3v) is 4.07. The van der Waals surface area contributed by atoms with Gasteiger partial charge in [0.05, 0.1) is 6.61 Å². The normalized spacial score (nSPS) is 11.6. The molecule has 0 fully saturated rings. The second-order valence-corrected chi connectivity index (χ2v) is 5.33. The predicted octanol–water partition coefficient (Wildman–Crippen LogP) is 2.71. The van der Waals surface area contributed by atoms with Gasteiger partial charge in [0, 0.05) is 28.5 Å². The van der Waals surface area contributed by atoms with Gasteiger partial charge >= 0.3 is 0 Å². The Labute approximate surface area is 97.7 Å². The summed E-state index contributed by atoms with van der Waals surface area (Å²) in [6.45, 7) is 6.17. The first-order valence-corrected chi connectivity index (χ1v) is 6.39. The van der Waals surface area contributed by atoms with Crippen LogP contribution >= 0.6 is 27.3 Å². The standard InChI is InChI=1S/C10H16BrNOS/c1-8(2)12(4-5-13)7-10-9(11)3-6-14-10/h3,6,8,13H,4-5,7H2,1-2H3. The first-order chi connectivity index (χ1) is 6.65. The number of halogens is 1. The highest BCUT2D eigenvalue weighted by molar-refractivity contribution is 9.10. The average molecular weight is 278 g/mol. The van der Waals surface area contributed by atoms with Gasteiger partial charge in [-0.05, 0) is 41.2 Å². The van der Waals surface area contributed by atoms with E-state index < -0.39 is 0 Å². The molecule has 1 heterocycles. The van der Waals surface area contributed by atoms with Gasteiger partial charge in [-0.3, -0.25) is 4.90 Å². The Morgan fingerprint density at radius 3 is 2.71 bits per heavy atom. The molecule has 0 saturated carbocycles. The first kappa shape index (κ1) is 12.2. The Morgan fingerprint density at radius 2 is 2.29 bits per heavy atom. The van der Waals surface area contributed by atoms with Crippen molar-refractivity contribution in [1.29, 1.82) is 0 Å². The van der Waals surface area contributed by atoms with Gasteiger partial charge in [-0.1, -0.05) is 0 Å². The summed E-state index contributed by atoms with van der Waals surface area (Å²) in [7, 11) is 0. The molecule has 0 spiro atoms. The van der Waals surface area contributed by atoms with Gasteiger partial charge in [-0.15, -0.1) is 11.3 Å². The lowest BCUT2D eigenvalue weighted by molar-refractivity contribution is 0.160. The molecular weight excluding hydrogens is 262 g/mol. The molecule has 1 aromatic heterocycles. The maximum absolute atomic E-state index is 8.93. The van der Waals surface area contributed by atoms with Crippen LogP contribution in [-0.4, -0.2) is 29.2 Å². The largest absolute Gasteiger partial charge is 0.395 e. The van der Waals surface area contributed by atoms with Crippen molar-refractivity contribution >= 4 is 27.3 Å². The zero-order valence-electron chi connectivity index (χ0n) is 8.53. The van der Waals surface area contributed by atoms with E-state index in [1.807, 2.05) is 0 Å². The van der Waals surface area contributed by atoms with Crippen LogP contribution in [0.25, 0.3) is 0 Å². The van der Waals surface area contributed by atoms with Crippen LogP contribution in [0.1, 0.15) is 18.7 Å². The summed E-state index contributed by atoms with van der Waals surface area (Å²) in [6, 6.07) is 2.54. The molecule has 80 valence electrons. The minimum atomic E-state index is 0.223. The van der Waals surface area contributed by atoms with Gasteiger partial charge in [0.15, 0.2) is 0 Å². The maximum atomic E-state index is 8.93. The minimum absolute atomic E-state index is 0.223. The van der Waals surface area contributed by atoms with E-state index in [0.717, 1.165) is 13.1 Å². The van der Waals surface area contributed by atoms with Crippen LogP contribution in [0.2, 0.25) is 0 Å². The van der Waals surface area contributed by atoms with Crippen LogP contribution in [0.4, 0.5) is 0 Å². The number of thiophene rings is 1. The molecule has 1 rings (SSSR count). The molecule has 1 aromatic rings. The Morgan fingerprint density at radius 1 is 1.57 bits per heavy atom. The molecule has 0 bridgehead atoms. The maximum Gasteiger partial charge on any atom is 0.0558 e. The summed E-state index contributed by atoms with van der Waals surface area (Å²) in [5, 5.41) is 11.0. The van der Waals surface area contributed by atoms with Gasteiger partial charge in [0.2, 0.25) is 0 Å². The van der Waals surface area contributed by atoms with E-state index in [0.29, 0.717) is 6.04 Å². The number of hydrogen-bond acceptors (Lipinski definition) is 3. The second-order valence-electron chi connectivity index (χ2n) is 3.48. The number of aliphatic hydroxyl groups excluding tert-OH is 1. The van der Waals surface area contributed by atoms with Crippen molar-refractivity contribution in [3.63, 3.8) is 0 Å². The van der Waals surface area contributed by atoms with Crippen LogP contribution in [0.3, 0.4) is 0 Å². The summed E-state index contributed by atoms with van der Waals surface area (Å²) in [5.74, 6) is 0. The van der Waals surface area contributed by atoms with E-state index >= 15 is 0 Å². The molecule has 0 amide bonds. The lowest BCUT2D eigenvalue weighted by Crippen LogP contribution is -2.32. The average Bonchev–Trinajstić information content (AvgIpc) is 2.51. The topological polar surface area (TPSA) is 23.5 Å². The lowest BCUT2D eigenvalue weighted by atomic mass is 10.3. The summed E-state index contributed by atoms with van der Waals surface area (Å²) < 4.78 is 1.17. The highest BCUT2D eigenvalue weighted by Crippen LogP contribution is 2.24. The SMILES string of the molecule is CC(C)N(CCO)Cc1sccc1Br. The zero-order valence-corrected chi connectivity index (χ0v) is 10.9. The molecule has 14 heavy (non-hydrogen) atoms. The first-order valence-electron chi connectivity index (χ1n) is 4.72. The van der Waals surface area contributed by atoms with Gasteiger partial charge in [0.1, 0.15) is 0 Å². The molecule has 0 aromatic carbocycles. The highest BCUT2D eigenvalue weighted by atomic mass is 79.9. The number of aliphatic hydroxyl groups is 1. The molecular formula is C10H16BrNOS. The molecule has 0 unspecified atom stereocenters. The molecule has 0 aliphatic rings. The molecule has 0 aliphatic heterocycles. The second kappa shape index (κ2) is 5.85. The van der Waals surface area contributed by atoms with Crippen molar-refractivity contribution in [2.24, 2.45) is 0 Å². The van der Waals surface area contributed by atoms with Crippen molar-refractivity contribution in [3.8, 4) is 0 Å². The summed E-state index contributed by atoms with van der Waals surface area (Å²) >= 11 is 5.27. The van der Waals surface area contributed by atoms with Crippen molar-refractivity contribution in [3.05, 3.63) is 20.8 Å². The number of nitrogens with zero attached hydrogens (tertiary/aromatic N) is 1.